The number of hydrogen-bond donors (Lipinski definition) is 3. The van der Waals surface area contributed by atoms with E-state index < -0.39 is 0 Å². The molecule has 1 aliphatic rings. The molecule has 0 radical (unpaired) electrons. The Hall–Kier alpha value is -2.49. The van der Waals surface area contributed by atoms with Crippen LogP contribution in [0.2, 0.25) is 0 Å². The van der Waals surface area contributed by atoms with E-state index in [9.17, 15) is 9.59 Å². The Kier molecular flexibility index (Phi) is 6.27. The molecule has 3 aromatic rings. The lowest BCUT2D eigenvalue weighted by molar-refractivity contribution is 0.0963. The van der Waals surface area contributed by atoms with E-state index in [1.807, 2.05) is 24.3 Å². The number of aromatic nitrogens is 1. The third-order valence-electron chi connectivity index (χ3n) is 5.51. The molecule has 0 unspecified atom stereocenters. The van der Waals surface area contributed by atoms with E-state index in [1.165, 1.54) is 33.1 Å². The van der Waals surface area contributed by atoms with E-state index in [0.717, 1.165) is 43.4 Å². The molecule has 1 aliphatic carbocycles. The lowest BCUT2D eigenvalue weighted by Gasteiger charge is -2.12. The molecule has 0 saturated heterocycles. The molecule has 162 valence electrons. The van der Waals surface area contributed by atoms with Crippen LogP contribution in [0.15, 0.2) is 24.3 Å². The molecular formula is C22H24N4O2S3. The van der Waals surface area contributed by atoms with Gasteiger partial charge in [-0.15, -0.1) is 11.3 Å². The topological polar surface area (TPSA) is 89.2 Å². The van der Waals surface area contributed by atoms with Crippen molar-refractivity contribution in [3.05, 3.63) is 54.7 Å². The number of carbonyl (C=O) groups is 2. The van der Waals surface area contributed by atoms with Gasteiger partial charge < -0.3 is 16.4 Å². The summed E-state index contributed by atoms with van der Waals surface area (Å²) in [6.07, 6.45) is 4.88. The van der Waals surface area contributed by atoms with Crippen molar-refractivity contribution in [3.63, 3.8) is 0 Å². The van der Waals surface area contributed by atoms with Crippen LogP contribution >= 0.6 is 34.9 Å². The Morgan fingerprint density at radius 3 is 2.52 bits per heavy atom. The number of fused-ring (bicyclic) bond motifs is 1. The molecule has 6 nitrogen and oxygen atoms in total. The highest BCUT2D eigenvalue weighted by Gasteiger charge is 2.27. The summed E-state index contributed by atoms with van der Waals surface area (Å²) in [5, 5.41) is 6.22. The molecule has 1 aromatic carbocycles. The van der Waals surface area contributed by atoms with Crippen LogP contribution in [0.25, 0.3) is 5.69 Å². The number of rotatable bonds is 5. The number of hydrogen-bond acceptors (Lipinski definition) is 6. The number of carbonyl (C=O) groups excluding carboxylic acids is 2. The van der Waals surface area contributed by atoms with Crippen molar-refractivity contribution in [3.8, 4) is 5.69 Å². The van der Waals surface area contributed by atoms with Gasteiger partial charge in [0.05, 0.1) is 5.56 Å². The van der Waals surface area contributed by atoms with Gasteiger partial charge in [0.15, 0.2) is 3.95 Å². The summed E-state index contributed by atoms with van der Waals surface area (Å²) in [6, 6.07) is 7.96. The third-order valence-corrected chi connectivity index (χ3v) is 8.10. The second kappa shape index (κ2) is 8.94. The fraction of sp³-hybridized carbons (Fsp3) is 0.318. The number of thiazole rings is 1. The smallest absolute Gasteiger partial charge is 0.270 e. The van der Waals surface area contributed by atoms with Crippen molar-refractivity contribution in [2.75, 3.05) is 18.1 Å². The SMILES string of the molecule is CCc1ccc(-n2c(N)c(C(=O)Nc3sc4c(c3C(=O)NC)CCCC4)sc2=S)cc1. The highest BCUT2D eigenvalue weighted by Crippen LogP contribution is 2.39. The van der Waals surface area contributed by atoms with Crippen molar-refractivity contribution < 1.29 is 9.59 Å². The number of amides is 2. The summed E-state index contributed by atoms with van der Waals surface area (Å²) < 4.78 is 2.22. The van der Waals surface area contributed by atoms with Gasteiger partial charge in [-0.1, -0.05) is 30.4 Å². The van der Waals surface area contributed by atoms with Crippen LogP contribution in [0, 0.1) is 3.95 Å². The zero-order valence-corrected chi connectivity index (χ0v) is 19.9. The van der Waals surface area contributed by atoms with Gasteiger partial charge in [-0.3, -0.25) is 14.2 Å². The van der Waals surface area contributed by atoms with Crippen molar-refractivity contribution in [1.82, 2.24) is 9.88 Å². The van der Waals surface area contributed by atoms with Gasteiger partial charge in [0.2, 0.25) is 0 Å². The van der Waals surface area contributed by atoms with Crippen molar-refractivity contribution in [2.45, 2.75) is 39.0 Å². The second-order valence-corrected chi connectivity index (χ2v) is 10.1. The average molecular weight is 473 g/mol. The van der Waals surface area contributed by atoms with E-state index in [-0.39, 0.29) is 11.8 Å². The van der Waals surface area contributed by atoms with Crippen LogP contribution in [-0.2, 0) is 19.3 Å². The molecule has 2 heterocycles. The van der Waals surface area contributed by atoms with E-state index in [4.69, 9.17) is 18.0 Å². The van der Waals surface area contributed by atoms with Crippen LogP contribution in [-0.4, -0.2) is 23.4 Å². The maximum Gasteiger partial charge on any atom is 0.270 e. The lowest BCUT2D eigenvalue weighted by Crippen LogP contribution is -2.22. The van der Waals surface area contributed by atoms with Crippen molar-refractivity contribution >= 4 is 57.5 Å². The number of nitrogens with two attached hydrogens (primary N) is 1. The molecular weight excluding hydrogens is 448 g/mol. The fourth-order valence-electron chi connectivity index (χ4n) is 3.85. The van der Waals surface area contributed by atoms with E-state index >= 15 is 0 Å². The van der Waals surface area contributed by atoms with Gasteiger partial charge in [0, 0.05) is 17.6 Å². The number of nitrogen functional groups attached to an aromatic ring is 1. The highest BCUT2D eigenvalue weighted by molar-refractivity contribution is 7.73. The Balaban J connectivity index is 1.68. The highest BCUT2D eigenvalue weighted by atomic mass is 32.1. The summed E-state index contributed by atoms with van der Waals surface area (Å²) in [5.41, 5.74) is 10.0. The molecule has 2 aromatic heterocycles. The first-order chi connectivity index (χ1) is 14.9. The molecule has 0 aliphatic heterocycles. The lowest BCUT2D eigenvalue weighted by atomic mass is 9.95. The minimum Gasteiger partial charge on any atom is -0.383 e. The summed E-state index contributed by atoms with van der Waals surface area (Å²) in [6.45, 7) is 2.09. The Morgan fingerprint density at radius 1 is 1.13 bits per heavy atom. The van der Waals surface area contributed by atoms with Crippen molar-refractivity contribution in [1.29, 1.82) is 0 Å². The molecule has 4 N–H and O–H groups in total. The van der Waals surface area contributed by atoms with E-state index in [2.05, 4.69) is 17.6 Å². The maximum absolute atomic E-state index is 13.1. The second-order valence-electron chi connectivity index (χ2n) is 7.39. The Morgan fingerprint density at radius 2 is 1.84 bits per heavy atom. The first-order valence-corrected chi connectivity index (χ1v) is 12.3. The minimum atomic E-state index is -0.346. The molecule has 9 heteroatoms. The molecule has 0 fully saturated rings. The number of anilines is 2. The van der Waals surface area contributed by atoms with Crippen LogP contribution in [0.1, 0.15) is 55.8 Å². The standard InChI is InChI=1S/C22H24N4O2S3/c1-3-12-8-10-13(11-9-12)26-18(23)17(31-22(26)29)20(28)25-21-16(19(27)24-2)14-6-4-5-7-15(14)30-21/h8-11H,3-7,23H2,1-2H3,(H,24,27)(H,25,28). The average Bonchev–Trinajstić information content (AvgIpc) is 3.29. The third kappa shape index (κ3) is 4.05. The largest absolute Gasteiger partial charge is 0.383 e. The van der Waals surface area contributed by atoms with Gasteiger partial charge in [-0.05, 0) is 67.6 Å². The Labute approximate surface area is 194 Å². The predicted molar refractivity (Wildman–Crippen MR) is 131 cm³/mol. The zero-order valence-electron chi connectivity index (χ0n) is 17.4. The number of aryl methyl sites for hydroxylation is 2. The number of benzene rings is 1. The monoisotopic (exact) mass is 472 g/mol. The summed E-state index contributed by atoms with van der Waals surface area (Å²) >= 11 is 8.16. The van der Waals surface area contributed by atoms with E-state index in [0.29, 0.717) is 25.2 Å². The van der Waals surface area contributed by atoms with Crippen LogP contribution in [0.5, 0.6) is 0 Å². The van der Waals surface area contributed by atoms with Gasteiger partial charge in [0.1, 0.15) is 15.7 Å². The number of nitrogens with zero attached hydrogens (tertiary/aromatic N) is 1. The van der Waals surface area contributed by atoms with Crippen LogP contribution in [0.4, 0.5) is 10.8 Å². The normalized spacial score (nSPS) is 13.0. The van der Waals surface area contributed by atoms with Crippen LogP contribution in [0.3, 0.4) is 0 Å². The van der Waals surface area contributed by atoms with E-state index in [1.54, 1.807) is 11.6 Å². The van der Waals surface area contributed by atoms with Crippen molar-refractivity contribution in [2.24, 2.45) is 0 Å². The molecule has 0 bridgehead atoms. The number of thiophene rings is 1. The summed E-state index contributed by atoms with van der Waals surface area (Å²) in [5.74, 6) is -0.218. The summed E-state index contributed by atoms with van der Waals surface area (Å²) in [7, 11) is 1.61. The number of nitrogens with one attached hydrogen (secondary N) is 2. The predicted octanol–water partition coefficient (Wildman–Crippen LogP) is 4.97. The molecule has 31 heavy (non-hydrogen) atoms. The molecule has 2 amide bonds. The summed E-state index contributed by atoms with van der Waals surface area (Å²) in [4.78, 5) is 27.2. The van der Waals surface area contributed by atoms with Gasteiger partial charge in [0.25, 0.3) is 11.8 Å². The molecule has 4 rings (SSSR count). The quantitative estimate of drug-likeness (QED) is 0.458. The zero-order chi connectivity index (χ0) is 22.1. The minimum absolute atomic E-state index is 0.177. The van der Waals surface area contributed by atoms with Gasteiger partial charge >= 0.3 is 0 Å². The molecule has 0 saturated carbocycles. The maximum atomic E-state index is 13.1. The first kappa shape index (κ1) is 21.7. The van der Waals surface area contributed by atoms with Gasteiger partial charge in [-0.2, -0.15) is 0 Å². The van der Waals surface area contributed by atoms with Gasteiger partial charge in [-0.25, -0.2) is 0 Å². The molecule has 0 spiro atoms. The Bertz CT molecular complexity index is 1200. The van der Waals surface area contributed by atoms with Crippen LogP contribution < -0.4 is 16.4 Å². The first-order valence-electron chi connectivity index (χ1n) is 10.2. The fourth-order valence-corrected chi connectivity index (χ4v) is 6.40. The molecule has 0 atom stereocenters.